The number of rotatable bonds is 3. The van der Waals surface area contributed by atoms with Crippen molar-refractivity contribution in [2.24, 2.45) is 5.92 Å². The molecule has 2 heterocycles. The quantitative estimate of drug-likeness (QED) is 0.935. The summed E-state index contributed by atoms with van der Waals surface area (Å²) in [7, 11) is 0. The fraction of sp³-hybridized carbons (Fsp3) is 0.500. The first-order valence-electron chi connectivity index (χ1n) is 8.03. The molecule has 1 aliphatic rings. The van der Waals surface area contributed by atoms with Gasteiger partial charge in [0.15, 0.2) is 0 Å². The molecule has 1 N–H and O–H groups in total. The zero-order valence-corrected chi connectivity index (χ0v) is 13.2. The molecule has 0 radical (unpaired) electrons. The second kappa shape index (κ2) is 6.02. The number of aromatic nitrogens is 1. The van der Waals surface area contributed by atoms with Gasteiger partial charge in [-0.1, -0.05) is 32.9 Å². The maximum absolute atomic E-state index is 4.34. The van der Waals surface area contributed by atoms with Crippen LogP contribution in [0.4, 0.5) is 5.69 Å². The molecule has 112 valence electrons. The van der Waals surface area contributed by atoms with Crippen LogP contribution in [0.1, 0.15) is 27.2 Å². The van der Waals surface area contributed by atoms with Gasteiger partial charge >= 0.3 is 0 Å². The first kappa shape index (κ1) is 14.3. The number of hydrogen-bond donors (Lipinski definition) is 1. The predicted molar refractivity (Wildman–Crippen MR) is 89.8 cm³/mol. The van der Waals surface area contributed by atoms with Gasteiger partial charge in [-0.2, -0.15) is 0 Å². The number of piperazine rings is 1. The molecule has 1 aliphatic heterocycles. The van der Waals surface area contributed by atoms with Gasteiger partial charge in [-0.05, 0) is 29.9 Å². The lowest BCUT2D eigenvalue weighted by molar-refractivity contribution is 0.334. The second-order valence-electron chi connectivity index (χ2n) is 6.35. The van der Waals surface area contributed by atoms with E-state index in [1.165, 1.54) is 22.9 Å². The van der Waals surface area contributed by atoms with Gasteiger partial charge in [0.1, 0.15) is 0 Å². The third kappa shape index (κ3) is 2.75. The van der Waals surface area contributed by atoms with E-state index in [1.54, 1.807) is 0 Å². The van der Waals surface area contributed by atoms with Gasteiger partial charge in [-0.25, -0.2) is 0 Å². The Hall–Kier alpha value is -1.61. The number of hydrogen-bond acceptors (Lipinski definition) is 3. The monoisotopic (exact) mass is 283 g/mol. The minimum atomic E-state index is 0.540. The molecule has 0 bridgehead atoms. The Labute approximate surface area is 127 Å². The summed E-state index contributed by atoms with van der Waals surface area (Å²) in [6.45, 7) is 9.03. The van der Waals surface area contributed by atoms with Gasteiger partial charge < -0.3 is 10.2 Å². The fourth-order valence-electron chi connectivity index (χ4n) is 3.33. The molecule has 2 unspecified atom stereocenters. The van der Waals surface area contributed by atoms with Crippen LogP contribution in [0.3, 0.4) is 0 Å². The lowest BCUT2D eigenvalue weighted by Crippen LogP contribution is -2.58. The standard InChI is InChI=1S/C18H25N3/c1-4-15-12-21(18(11-20-15)13(2)3)17-7-5-6-14-8-9-19-10-16(14)17/h5-10,13,15,18,20H,4,11-12H2,1-3H3. The highest BCUT2D eigenvalue weighted by Gasteiger charge is 2.30. The Bertz CT molecular complexity index is 603. The Morgan fingerprint density at radius 1 is 1.33 bits per heavy atom. The zero-order valence-electron chi connectivity index (χ0n) is 13.2. The number of benzene rings is 1. The number of nitrogens with zero attached hydrogens (tertiary/aromatic N) is 2. The summed E-state index contributed by atoms with van der Waals surface area (Å²) < 4.78 is 0. The minimum Gasteiger partial charge on any atom is -0.365 e. The van der Waals surface area contributed by atoms with E-state index in [9.17, 15) is 0 Å². The molecule has 1 aromatic heterocycles. The summed E-state index contributed by atoms with van der Waals surface area (Å²) in [4.78, 5) is 6.93. The molecule has 2 aromatic rings. The summed E-state index contributed by atoms with van der Waals surface area (Å²) in [5.74, 6) is 0.627. The summed E-state index contributed by atoms with van der Waals surface area (Å²) in [5.41, 5.74) is 1.33. The number of nitrogens with one attached hydrogen (secondary N) is 1. The van der Waals surface area contributed by atoms with Crippen molar-refractivity contribution in [3.8, 4) is 0 Å². The van der Waals surface area contributed by atoms with Gasteiger partial charge in [-0.3, -0.25) is 4.98 Å². The lowest BCUT2D eigenvalue weighted by Gasteiger charge is -2.44. The topological polar surface area (TPSA) is 28.2 Å². The van der Waals surface area contributed by atoms with Crippen LogP contribution in [0.5, 0.6) is 0 Å². The van der Waals surface area contributed by atoms with Gasteiger partial charge in [0.25, 0.3) is 0 Å². The highest BCUT2D eigenvalue weighted by atomic mass is 15.2. The second-order valence-corrected chi connectivity index (χ2v) is 6.35. The molecule has 0 aliphatic carbocycles. The smallest absolute Gasteiger partial charge is 0.0465 e. The van der Waals surface area contributed by atoms with Crippen molar-refractivity contribution in [2.75, 3.05) is 18.0 Å². The third-order valence-electron chi connectivity index (χ3n) is 4.67. The summed E-state index contributed by atoms with van der Waals surface area (Å²) in [6.07, 6.45) is 5.05. The molecule has 0 saturated carbocycles. The van der Waals surface area contributed by atoms with Crippen LogP contribution in [-0.2, 0) is 0 Å². The van der Waals surface area contributed by atoms with Crippen molar-refractivity contribution in [3.63, 3.8) is 0 Å². The van der Waals surface area contributed by atoms with Crippen molar-refractivity contribution < 1.29 is 0 Å². The van der Waals surface area contributed by atoms with E-state index in [-0.39, 0.29) is 0 Å². The molecule has 1 saturated heterocycles. The molecule has 1 fully saturated rings. The van der Waals surface area contributed by atoms with E-state index in [2.05, 4.69) is 60.2 Å². The van der Waals surface area contributed by atoms with Crippen molar-refractivity contribution in [2.45, 2.75) is 39.3 Å². The predicted octanol–water partition coefficient (Wildman–Crippen LogP) is 3.45. The molecule has 3 heteroatoms. The SMILES string of the molecule is CCC1CN(c2cccc3ccncc23)C(C(C)C)CN1. The summed E-state index contributed by atoms with van der Waals surface area (Å²) in [6, 6.07) is 9.80. The van der Waals surface area contributed by atoms with E-state index >= 15 is 0 Å². The van der Waals surface area contributed by atoms with Crippen molar-refractivity contribution in [1.82, 2.24) is 10.3 Å². The summed E-state index contributed by atoms with van der Waals surface area (Å²) in [5, 5.41) is 6.23. The van der Waals surface area contributed by atoms with Crippen molar-refractivity contribution in [3.05, 3.63) is 36.7 Å². The Morgan fingerprint density at radius 2 is 2.19 bits per heavy atom. The molecule has 21 heavy (non-hydrogen) atoms. The van der Waals surface area contributed by atoms with Crippen LogP contribution < -0.4 is 10.2 Å². The molecule has 0 amide bonds. The van der Waals surface area contributed by atoms with E-state index in [4.69, 9.17) is 0 Å². The van der Waals surface area contributed by atoms with Crippen LogP contribution in [-0.4, -0.2) is 30.2 Å². The van der Waals surface area contributed by atoms with Crippen LogP contribution in [0.25, 0.3) is 10.8 Å². The molecule has 0 spiro atoms. The molecular weight excluding hydrogens is 258 g/mol. The highest BCUT2D eigenvalue weighted by molar-refractivity contribution is 5.93. The zero-order chi connectivity index (χ0) is 14.8. The molecule has 3 nitrogen and oxygen atoms in total. The average molecular weight is 283 g/mol. The molecule has 2 atom stereocenters. The average Bonchev–Trinajstić information content (AvgIpc) is 2.53. The van der Waals surface area contributed by atoms with Crippen molar-refractivity contribution in [1.29, 1.82) is 0 Å². The molecule has 1 aromatic carbocycles. The van der Waals surface area contributed by atoms with Gasteiger partial charge in [0, 0.05) is 48.6 Å². The number of fused-ring (bicyclic) bond motifs is 1. The van der Waals surface area contributed by atoms with Crippen LogP contribution >= 0.6 is 0 Å². The Kier molecular flexibility index (Phi) is 4.11. The maximum Gasteiger partial charge on any atom is 0.0465 e. The summed E-state index contributed by atoms with van der Waals surface area (Å²) >= 11 is 0. The first-order valence-corrected chi connectivity index (χ1v) is 8.03. The largest absolute Gasteiger partial charge is 0.365 e. The third-order valence-corrected chi connectivity index (χ3v) is 4.67. The van der Waals surface area contributed by atoms with Gasteiger partial charge in [0.2, 0.25) is 0 Å². The van der Waals surface area contributed by atoms with Crippen LogP contribution in [0.2, 0.25) is 0 Å². The fourth-order valence-corrected chi connectivity index (χ4v) is 3.33. The van der Waals surface area contributed by atoms with Gasteiger partial charge in [-0.15, -0.1) is 0 Å². The maximum atomic E-state index is 4.34. The Balaban J connectivity index is 2.04. The minimum absolute atomic E-state index is 0.540. The number of pyridine rings is 1. The van der Waals surface area contributed by atoms with Crippen LogP contribution in [0.15, 0.2) is 36.7 Å². The van der Waals surface area contributed by atoms with E-state index in [1.807, 2.05) is 12.4 Å². The Morgan fingerprint density at radius 3 is 2.95 bits per heavy atom. The number of anilines is 1. The van der Waals surface area contributed by atoms with E-state index in [0.29, 0.717) is 18.0 Å². The van der Waals surface area contributed by atoms with E-state index in [0.717, 1.165) is 13.1 Å². The molecular formula is C18H25N3. The molecule has 3 rings (SSSR count). The van der Waals surface area contributed by atoms with Crippen molar-refractivity contribution >= 4 is 16.5 Å². The van der Waals surface area contributed by atoms with Crippen LogP contribution in [0, 0.1) is 5.92 Å². The van der Waals surface area contributed by atoms with E-state index < -0.39 is 0 Å². The highest BCUT2D eigenvalue weighted by Crippen LogP contribution is 2.30. The first-order chi connectivity index (χ1) is 10.2. The lowest BCUT2D eigenvalue weighted by atomic mass is 9.96. The van der Waals surface area contributed by atoms with Gasteiger partial charge in [0.05, 0.1) is 0 Å². The normalized spacial score (nSPS) is 23.0.